The van der Waals surface area contributed by atoms with Crippen LogP contribution in [0.15, 0.2) is 24.7 Å². The van der Waals surface area contributed by atoms with Gasteiger partial charge < -0.3 is 5.32 Å². The summed E-state index contributed by atoms with van der Waals surface area (Å²) in [6.45, 7) is 4.05. The highest BCUT2D eigenvalue weighted by Gasteiger charge is 2.11. The topological polar surface area (TPSA) is 61.6 Å². The Morgan fingerprint density at radius 2 is 2.29 bits per heavy atom. The average Bonchev–Trinajstić information content (AvgIpc) is 2.77. The van der Waals surface area contributed by atoms with Crippen LogP contribution in [-0.4, -0.2) is 9.97 Å². The van der Waals surface area contributed by atoms with Crippen LogP contribution in [0.5, 0.6) is 0 Å². The fourth-order valence-electron chi connectivity index (χ4n) is 1.47. The second kappa shape index (κ2) is 4.93. The second-order valence-electron chi connectivity index (χ2n) is 3.71. The highest BCUT2D eigenvalue weighted by atomic mass is 32.1. The maximum absolute atomic E-state index is 8.98. The van der Waals surface area contributed by atoms with E-state index in [9.17, 15) is 0 Å². The number of aromatic nitrogens is 2. The minimum atomic E-state index is 0.0741. The van der Waals surface area contributed by atoms with Crippen LogP contribution in [0.25, 0.3) is 0 Å². The summed E-state index contributed by atoms with van der Waals surface area (Å²) in [5.41, 5.74) is 1.34. The van der Waals surface area contributed by atoms with Crippen molar-refractivity contribution in [1.82, 2.24) is 9.97 Å². The van der Waals surface area contributed by atoms with Gasteiger partial charge in [-0.15, -0.1) is 11.3 Å². The van der Waals surface area contributed by atoms with Crippen molar-refractivity contribution in [3.63, 3.8) is 0 Å². The van der Waals surface area contributed by atoms with Crippen molar-refractivity contribution in [3.8, 4) is 6.07 Å². The number of pyridine rings is 1. The fraction of sp³-hybridized carbons (Fsp3) is 0.250. The highest BCUT2D eigenvalue weighted by molar-refractivity contribution is 7.11. The number of nitrogens with zero attached hydrogens (tertiary/aromatic N) is 3. The number of thiazole rings is 1. The monoisotopic (exact) mass is 244 g/mol. The van der Waals surface area contributed by atoms with Crippen molar-refractivity contribution in [1.29, 1.82) is 5.26 Å². The molecule has 2 aromatic heterocycles. The number of nitrogens with one attached hydrogen (secondary N) is 1. The Bertz CT molecular complexity index is 556. The molecule has 1 atom stereocenters. The SMILES string of the molecule is Cc1cnc(C(C)Nc2cnccc2C#N)s1. The minimum absolute atomic E-state index is 0.0741. The summed E-state index contributed by atoms with van der Waals surface area (Å²) in [4.78, 5) is 9.52. The van der Waals surface area contributed by atoms with Gasteiger partial charge in [-0.2, -0.15) is 5.26 Å². The molecule has 0 saturated heterocycles. The Kier molecular flexibility index (Phi) is 3.35. The summed E-state index contributed by atoms with van der Waals surface area (Å²) in [5.74, 6) is 0. The molecule has 86 valence electrons. The summed E-state index contributed by atoms with van der Waals surface area (Å²) in [6.07, 6.45) is 5.13. The van der Waals surface area contributed by atoms with Crippen LogP contribution in [0.1, 0.15) is 28.4 Å². The number of hydrogen-bond acceptors (Lipinski definition) is 5. The molecule has 1 N–H and O–H groups in total. The maximum atomic E-state index is 8.98. The first kappa shape index (κ1) is 11.6. The van der Waals surface area contributed by atoms with Crippen molar-refractivity contribution < 1.29 is 0 Å². The number of anilines is 1. The molecule has 0 aliphatic carbocycles. The van der Waals surface area contributed by atoms with E-state index in [2.05, 4.69) is 21.4 Å². The minimum Gasteiger partial charge on any atom is -0.374 e. The summed E-state index contributed by atoms with van der Waals surface area (Å²) >= 11 is 1.65. The van der Waals surface area contributed by atoms with Crippen molar-refractivity contribution >= 4 is 17.0 Å². The van der Waals surface area contributed by atoms with E-state index < -0.39 is 0 Å². The van der Waals surface area contributed by atoms with Crippen LogP contribution in [0.2, 0.25) is 0 Å². The molecule has 0 bridgehead atoms. The van der Waals surface area contributed by atoms with E-state index in [4.69, 9.17) is 5.26 Å². The van der Waals surface area contributed by atoms with Gasteiger partial charge in [-0.3, -0.25) is 4.98 Å². The first-order chi connectivity index (χ1) is 8.20. The molecular weight excluding hydrogens is 232 g/mol. The lowest BCUT2D eigenvalue weighted by molar-refractivity contribution is 0.867. The van der Waals surface area contributed by atoms with E-state index in [0.29, 0.717) is 5.56 Å². The number of nitriles is 1. The Balaban J connectivity index is 2.19. The Morgan fingerprint density at radius 3 is 2.94 bits per heavy atom. The van der Waals surface area contributed by atoms with Gasteiger partial charge in [-0.05, 0) is 19.9 Å². The number of aryl methyl sites for hydroxylation is 1. The molecule has 2 rings (SSSR count). The normalized spacial score (nSPS) is 11.8. The van der Waals surface area contributed by atoms with Gasteiger partial charge in [0, 0.05) is 17.3 Å². The standard InChI is InChI=1S/C12H12N4S/c1-8-6-15-12(17-8)9(2)16-11-7-14-4-3-10(11)5-13/h3-4,6-7,9,16H,1-2H3. The molecule has 0 spiro atoms. The molecule has 0 aliphatic rings. The predicted octanol–water partition coefficient (Wildman–Crippen LogP) is 2.89. The molecule has 17 heavy (non-hydrogen) atoms. The van der Waals surface area contributed by atoms with Gasteiger partial charge in [0.25, 0.3) is 0 Å². The molecule has 0 radical (unpaired) electrons. The van der Waals surface area contributed by atoms with Gasteiger partial charge >= 0.3 is 0 Å². The highest BCUT2D eigenvalue weighted by Crippen LogP contribution is 2.24. The Morgan fingerprint density at radius 1 is 1.47 bits per heavy atom. The van der Waals surface area contributed by atoms with Gasteiger partial charge in [-0.1, -0.05) is 0 Å². The van der Waals surface area contributed by atoms with Gasteiger partial charge in [0.05, 0.1) is 23.5 Å². The molecule has 5 heteroatoms. The van der Waals surface area contributed by atoms with Crippen LogP contribution in [0.3, 0.4) is 0 Å². The van der Waals surface area contributed by atoms with Crippen LogP contribution >= 0.6 is 11.3 Å². The molecule has 4 nitrogen and oxygen atoms in total. The molecule has 0 aliphatic heterocycles. The zero-order valence-electron chi connectivity index (χ0n) is 9.64. The third kappa shape index (κ3) is 2.60. The van der Waals surface area contributed by atoms with E-state index in [1.54, 1.807) is 29.8 Å². The molecule has 1 unspecified atom stereocenters. The third-order valence-corrected chi connectivity index (χ3v) is 3.42. The molecule has 0 fully saturated rings. The van der Waals surface area contributed by atoms with E-state index in [-0.39, 0.29) is 6.04 Å². The van der Waals surface area contributed by atoms with E-state index >= 15 is 0 Å². The smallest absolute Gasteiger partial charge is 0.115 e. The zero-order valence-corrected chi connectivity index (χ0v) is 10.5. The third-order valence-electron chi connectivity index (χ3n) is 2.32. The quantitative estimate of drug-likeness (QED) is 0.901. The summed E-state index contributed by atoms with van der Waals surface area (Å²) in [7, 11) is 0. The number of rotatable bonds is 3. The van der Waals surface area contributed by atoms with Crippen molar-refractivity contribution in [2.24, 2.45) is 0 Å². The molecule has 2 aromatic rings. The lowest BCUT2D eigenvalue weighted by Gasteiger charge is -2.13. The molecule has 0 saturated carbocycles. The fourth-order valence-corrected chi connectivity index (χ4v) is 2.25. The van der Waals surface area contributed by atoms with Crippen molar-refractivity contribution in [2.45, 2.75) is 19.9 Å². The van der Waals surface area contributed by atoms with Gasteiger partial charge in [0.15, 0.2) is 0 Å². The van der Waals surface area contributed by atoms with Crippen molar-refractivity contribution in [3.05, 3.63) is 40.1 Å². The molecule has 0 amide bonds. The van der Waals surface area contributed by atoms with Crippen molar-refractivity contribution in [2.75, 3.05) is 5.32 Å². The molecular formula is C12H12N4S. The number of hydrogen-bond donors (Lipinski definition) is 1. The van der Waals surface area contributed by atoms with Crippen LogP contribution in [0.4, 0.5) is 5.69 Å². The maximum Gasteiger partial charge on any atom is 0.115 e. The summed E-state index contributed by atoms with van der Waals surface area (Å²) < 4.78 is 0. The average molecular weight is 244 g/mol. The van der Waals surface area contributed by atoms with Gasteiger partial charge in [-0.25, -0.2) is 4.98 Å². The zero-order chi connectivity index (χ0) is 12.3. The summed E-state index contributed by atoms with van der Waals surface area (Å²) in [6, 6.07) is 3.91. The van der Waals surface area contributed by atoms with Gasteiger partial charge in [0.2, 0.25) is 0 Å². The van der Waals surface area contributed by atoms with Gasteiger partial charge in [0.1, 0.15) is 11.1 Å². The van der Waals surface area contributed by atoms with E-state index in [1.165, 1.54) is 4.88 Å². The van der Waals surface area contributed by atoms with E-state index in [1.807, 2.05) is 20.0 Å². The lowest BCUT2D eigenvalue weighted by atomic mass is 10.2. The van der Waals surface area contributed by atoms with Crippen LogP contribution in [-0.2, 0) is 0 Å². The Hall–Kier alpha value is -1.93. The molecule has 0 aromatic carbocycles. The van der Waals surface area contributed by atoms with Crippen LogP contribution < -0.4 is 5.32 Å². The van der Waals surface area contributed by atoms with E-state index in [0.717, 1.165) is 10.7 Å². The largest absolute Gasteiger partial charge is 0.374 e. The second-order valence-corrected chi connectivity index (χ2v) is 4.97. The lowest BCUT2D eigenvalue weighted by Crippen LogP contribution is -2.07. The first-order valence-electron chi connectivity index (χ1n) is 5.23. The first-order valence-corrected chi connectivity index (χ1v) is 6.05. The molecule has 2 heterocycles. The summed E-state index contributed by atoms with van der Waals surface area (Å²) in [5, 5.41) is 13.2. The van der Waals surface area contributed by atoms with Crippen LogP contribution in [0, 0.1) is 18.3 Å². The Labute approximate surface area is 104 Å². The predicted molar refractivity (Wildman–Crippen MR) is 67.8 cm³/mol.